The minimum absolute atomic E-state index is 0.0665. The number of hydrogen-bond acceptors (Lipinski definition) is 4. The molecule has 0 radical (unpaired) electrons. The number of carbonyl (C=O) groups is 2. The molecule has 4 rings (SSSR count). The molecule has 0 bridgehead atoms. The number of imidazole rings is 1. The number of carbonyl (C=O) groups excluding carboxylic acids is 2. The Morgan fingerprint density at radius 1 is 1.28 bits per heavy atom. The van der Waals surface area contributed by atoms with Crippen LogP contribution in [0.5, 0.6) is 5.75 Å². The number of nitrogens with one attached hydrogen (secondary N) is 2. The van der Waals surface area contributed by atoms with Crippen molar-refractivity contribution in [2.45, 2.75) is 19.8 Å². The summed E-state index contributed by atoms with van der Waals surface area (Å²) in [5.41, 5.74) is 3.63. The fourth-order valence-electron chi connectivity index (χ4n) is 3.53. The second-order valence-corrected chi connectivity index (χ2v) is 7.30. The highest BCUT2D eigenvalue weighted by Gasteiger charge is 2.30. The molecule has 2 amide bonds. The molecular formula is C21H25N5O3. The van der Waals surface area contributed by atoms with Gasteiger partial charge < -0.3 is 24.5 Å². The number of rotatable bonds is 6. The molecule has 0 aliphatic heterocycles. The van der Waals surface area contributed by atoms with Crippen LogP contribution in [0.3, 0.4) is 0 Å². The van der Waals surface area contributed by atoms with Gasteiger partial charge in [0.25, 0.3) is 5.91 Å². The Balaban J connectivity index is 1.79. The average molecular weight is 395 g/mol. The molecule has 152 valence electrons. The van der Waals surface area contributed by atoms with Gasteiger partial charge in [-0.3, -0.25) is 9.59 Å². The first kappa shape index (κ1) is 19.0. The topological polar surface area (TPSA) is 90.2 Å². The molecule has 8 heteroatoms. The molecule has 2 aromatic heterocycles. The molecule has 3 aromatic rings. The van der Waals surface area contributed by atoms with Gasteiger partial charge in [-0.2, -0.15) is 0 Å². The third-order valence-electron chi connectivity index (χ3n) is 5.20. The minimum Gasteiger partial charge on any atom is -0.491 e. The first-order valence-corrected chi connectivity index (χ1v) is 9.76. The third-order valence-corrected chi connectivity index (χ3v) is 5.20. The smallest absolute Gasteiger partial charge is 0.256 e. The van der Waals surface area contributed by atoms with E-state index in [2.05, 4.69) is 10.6 Å². The van der Waals surface area contributed by atoms with Crippen LogP contribution in [-0.2, 0) is 18.9 Å². The standard InChI is InChI=1S/C21H25N5O3/c1-5-29-18-14(21(28)22-2)11-25(3)17(18)19-24-15-10-13(8-9-16(15)26(19)4)23-20(27)12-6-7-12/h8-12H,5-7H2,1-4H3,(H,22,28)(H,23,27). The molecule has 1 aromatic carbocycles. The molecule has 1 fully saturated rings. The van der Waals surface area contributed by atoms with Gasteiger partial charge in [-0.1, -0.05) is 0 Å². The lowest BCUT2D eigenvalue weighted by Crippen LogP contribution is -2.18. The second-order valence-electron chi connectivity index (χ2n) is 7.30. The van der Waals surface area contributed by atoms with Crippen molar-refractivity contribution in [1.82, 2.24) is 19.4 Å². The predicted molar refractivity (Wildman–Crippen MR) is 111 cm³/mol. The highest BCUT2D eigenvalue weighted by atomic mass is 16.5. The summed E-state index contributed by atoms with van der Waals surface area (Å²) >= 11 is 0. The predicted octanol–water partition coefficient (Wildman–Crippen LogP) is 2.69. The number of nitrogens with zero attached hydrogens (tertiary/aromatic N) is 3. The normalized spacial score (nSPS) is 13.5. The number of anilines is 1. The number of amides is 2. The Labute approximate surface area is 168 Å². The Morgan fingerprint density at radius 3 is 2.69 bits per heavy atom. The molecule has 2 heterocycles. The number of benzene rings is 1. The van der Waals surface area contributed by atoms with E-state index in [0.717, 1.165) is 35.3 Å². The van der Waals surface area contributed by atoms with Gasteiger partial charge in [0.2, 0.25) is 5.91 Å². The maximum atomic E-state index is 12.3. The van der Waals surface area contributed by atoms with E-state index in [9.17, 15) is 9.59 Å². The van der Waals surface area contributed by atoms with Crippen molar-refractivity contribution >= 4 is 28.5 Å². The van der Waals surface area contributed by atoms with Crippen LogP contribution in [0.4, 0.5) is 5.69 Å². The van der Waals surface area contributed by atoms with Crippen molar-refractivity contribution in [3.05, 3.63) is 30.0 Å². The van der Waals surface area contributed by atoms with E-state index in [4.69, 9.17) is 9.72 Å². The molecule has 8 nitrogen and oxygen atoms in total. The monoisotopic (exact) mass is 395 g/mol. The summed E-state index contributed by atoms with van der Waals surface area (Å²) in [5, 5.41) is 5.62. The zero-order valence-electron chi connectivity index (χ0n) is 17.1. The van der Waals surface area contributed by atoms with Gasteiger partial charge in [0.05, 0.1) is 23.2 Å². The van der Waals surface area contributed by atoms with E-state index >= 15 is 0 Å². The van der Waals surface area contributed by atoms with Crippen LogP contribution in [0.15, 0.2) is 24.4 Å². The summed E-state index contributed by atoms with van der Waals surface area (Å²) in [7, 11) is 5.39. The fourth-order valence-corrected chi connectivity index (χ4v) is 3.53. The molecule has 0 saturated heterocycles. The van der Waals surface area contributed by atoms with Crippen LogP contribution in [-0.4, -0.2) is 39.6 Å². The van der Waals surface area contributed by atoms with Gasteiger partial charge in [0, 0.05) is 38.9 Å². The number of fused-ring (bicyclic) bond motifs is 1. The number of aryl methyl sites for hydroxylation is 2. The number of ether oxygens (including phenoxy) is 1. The molecule has 1 aliphatic carbocycles. The molecule has 0 atom stereocenters. The molecule has 1 aliphatic rings. The first-order valence-electron chi connectivity index (χ1n) is 9.76. The molecule has 0 unspecified atom stereocenters. The van der Waals surface area contributed by atoms with Gasteiger partial charge in [-0.05, 0) is 38.0 Å². The summed E-state index contributed by atoms with van der Waals surface area (Å²) in [6.07, 6.45) is 3.67. The van der Waals surface area contributed by atoms with Crippen molar-refractivity contribution < 1.29 is 14.3 Å². The lowest BCUT2D eigenvalue weighted by molar-refractivity contribution is -0.117. The van der Waals surface area contributed by atoms with Gasteiger partial charge in [-0.25, -0.2) is 4.98 Å². The Bertz CT molecular complexity index is 1110. The maximum absolute atomic E-state index is 12.3. The zero-order valence-corrected chi connectivity index (χ0v) is 17.1. The van der Waals surface area contributed by atoms with E-state index in [1.54, 1.807) is 13.2 Å². The molecule has 0 spiro atoms. The van der Waals surface area contributed by atoms with E-state index in [1.165, 1.54) is 0 Å². The lowest BCUT2D eigenvalue weighted by Gasteiger charge is -2.09. The Kier molecular flexibility index (Phi) is 4.77. The molecule has 29 heavy (non-hydrogen) atoms. The van der Waals surface area contributed by atoms with Crippen molar-refractivity contribution in [2.75, 3.05) is 19.0 Å². The van der Waals surface area contributed by atoms with Crippen LogP contribution in [0.25, 0.3) is 22.6 Å². The van der Waals surface area contributed by atoms with Gasteiger partial charge in [0.15, 0.2) is 11.6 Å². The van der Waals surface area contributed by atoms with Crippen LogP contribution in [0.1, 0.15) is 30.1 Å². The van der Waals surface area contributed by atoms with Crippen LogP contribution < -0.4 is 15.4 Å². The lowest BCUT2D eigenvalue weighted by atomic mass is 10.2. The molecular weight excluding hydrogens is 370 g/mol. The van der Waals surface area contributed by atoms with Crippen molar-refractivity contribution in [3.63, 3.8) is 0 Å². The second kappa shape index (κ2) is 7.27. The summed E-state index contributed by atoms with van der Waals surface area (Å²) in [4.78, 5) is 29.2. The number of hydrogen-bond donors (Lipinski definition) is 2. The maximum Gasteiger partial charge on any atom is 0.256 e. The van der Waals surface area contributed by atoms with Crippen molar-refractivity contribution in [3.8, 4) is 17.3 Å². The average Bonchev–Trinajstić information content (AvgIpc) is 3.45. The molecule has 1 saturated carbocycles. The molecule has 2 N–H and O–H groups in total. The highest BCUT2D eigenvalue weighted by Crippen LogP contribution is 2.36. The minimum atomic E-state index is -0.209. The number of aromatic nitrogens is 3. The van der Waals surface area contributed by atoms with E-state index in [0.29, 0.717) is 23.7 Å². The Hall–Kier alpha value is -3.29. The van der Waals surface area contributed by atoms with E-state index < -0.39 is 0 Å². The van der Waals surface area contributed by atoms with E-state index in [-0.39, 0.29) is 17.7 Å². The zero-order chi connectivity index (χ0) is 20.7. The quantitative estimate of drug-likeness (QED) is 0.671. The van der Waals surface area contributed by atoms with Gasteiger partial charge >= 0.3 is 0 Å². The van der Waals surface area contributed by atoms with Crippen molar-refractivity contribution in [1.29, 1.82) is 0 Å². The summed E-state index contributed by atoms with van der Waals surface area (Å²) in [6.45, 7) is 2.32. The SMILES string of the molecule is CCOc1c(C(=O)NC)cn(C)c1-c1nc2cc(NC(=O)C3CC3)ccc2n1C. The Morgan fingerprint density at radius 2 is 2.03 bits per heavy atom. The van der Waals surface area contributed by atoms with Gasteiger partial charge in [-0.15, -0.1) is 0 Å². The van der Waals surface area contributed by atoms with Crippen LogP contribution in [0.2, 0.25) is 0 Å². The van der Waals surface area contributed by atoms with Gasteiger partial charge in [0.1, 0.15) is 5.69 Å². The van der Waals surface area contributed by atoms with Crippen LogP contribution in [0, 0.1) is 5.92 Å². The van der Waals surface area contributed by atoms with E-state index in [1.807, 2.05) is 48.4 Å². The van der Waals surface area contributed by atoms with Crippen molar-refractivity contribution in [2.24, 2.45) is 20.0 Å². The first-order chi connectivity index (χ1) is 13.9. The largest absolute Gasteiger partial charge is 0.491 e. The highest BCUT2D eigenvalue weighted by molar-refractivity contribution is 6.00. The third kappa shape index (κ3) is 3.35. The summed E-state index contributed by atoms with van der Waals surface area (Å²) in [6, 6.07) is 5.71. The summed E-state index contributed by atoms with van der Waals surface area (Å²) in [5.74, 6) is 1.20. The fraction of sp³-hybridized carbons (Fsp3) is 0.381. The van der Waals surface area contributed by atoms with Crippen LogP contribution >= 0.6 is 0 Å². The summed E-state index contributed by atoms with van der Waals surface area (Å²) < 4.78 is 9.65.